The molecule has 2 aromatic rings. The first-order valence-corrected chi connectivity index (χ1v) is 9.31. The Hall–Kier alpha value is -0.980. The molecule has 0 saturated carbocycles. The van der Waals surface area contributed by atoms with Crippen LogP contribution in [0, 0.1) is 0 Å². The van der Waals surface area contributed by atoms with Gasteiger partial charge in [-0.15, -0.1) is 11.3 Å². The van der Waals surface area contributed by atoms with Gasteiger partial charge in [-0.3, -0.25) is 4.57 Å². The molecule has 6 nitrogen and oxygen atoms in total. The lowest BCUT2D eigenvalue weighted by molar-refractivity contribution is 0.121. The fourth-order valence-corrected chi connectivity index (χ4v) is 3.85. The first-order valence-electron chi connectivity index (χ1n) is 6.71. The number of nitrogens with zero attached hydrogens (tertiary/aromatic N) is 1. The first-order chi connectivity index (χ1) is 10.2. The zero-order valence-electron chi connectivity index (χ0n) is 12.1. The van der Waals surface area contributed by atoms with E-state index in [1.54, 1.807) is 13.8 Å². The molecule has 0 amide bonds. The summed E-state index contributed by atoms with van der Waals surface area (Å²) in [7, 11) is -3.15. The van der Waals surface area contributed by atoms with Crippen LogP contribution in [0.1, 0.15) is 19.5 Å². The van der Waals surface area contributed by atoms with Crippen LogP contribution in [0.25, 0.3) is 10.7 Å². The smallest absolute Gasteiger partial charge is 0.356 e. The number of aromatic nitrogens is 2. The Balaban J connectivity index is 1.87. The van der Waals surface area contributed by atoms with E-state index in [0.29, 0.717) is 13.2 Å². The van der Waals surface area contributed by atoms with Gasteiger partial charge in [0.05, 0.1) is 31.2 Å². The van der Waals surface area contributed by atoms with Gasteiger partial charge in [0, 0.05) is 11.6 Å². The van der Waals surface area contributed by atoms with Crippen LogP contribution < -0.4 is 0 Å². The number of hydrogen-bond donors (Lipinski definition) is 1. The third-order valence-electron chi connectivity index (χ3n) is 2.53. The van der Waals surface area contributed by atoms with Crippen LogP contribution in [0.4, 0.5) is 0 Å². The van der Waals surface area contributed by atoms with Crippen molar-refractivity contribution in [2.24, 2.45) is 0 Å². The summed E-state index contributed by atoms with van der Waals surface area (Å²) in [6.45, 7) is 4.48. The number of thiazole rings is 1. The summed E-state index contributed by atoms with van der Waals surface area (Å²) in [6.07, 6.45) is 1.79. The van der Waals surface area contributed by atoms with Gasteiger partial charge in [0.15, 0.2) is 0 Å². The van der Waals surface area contributed by atoms with Crippen molar-refractivity contribution in [2.45, 2.75) is 20.5 Å². The Kier molecular flexibility index (Phi) is 6.14. The summed E-state index contributed by atoms with van der Waals surface area (Å²) in [5.41, 5.74) is 1.77. The lowest BCUT2D eigenvalue weighted by atomic mass is 10.4. The molecule has 116 valence electrons. The largest absolute Gasteiger partial charge is 0.362 e. The van der Waals surface area contributed by atoms with Crippen LogP contribution in [-0.4, -0.2) is 29.5 Å². The van der Waals surface area contributed by atoms with Crippen molar-refractivity contribution in [1.29, 1.82) is 0 Å². The number of rotatable bonds is 9. The second-order valence-electron chi connectivity index (χ2n) is 4.15. The van der Waals surface area contributed by atoms with Crippen molar-refractivity contribution in [1.82, 2.24) is 9.97 Å². The van der Waals surface area contributed by atoms with Gasteiger partial charge in [-0.05, 0) is 26.0 Å². The Morgan fingerprint density at radius 3 is 2.71 bits per heavy atom. The number of H-pyrrole nitrogens is 1. The second kappa shape index (κ2) is 7.87. The van der Waals surface area contributed by atoms with E-state index in [1.807, 2.05) is 23.7 Å². The molecular weight excluding hydrogens is 311 g/mol. The van der Waals surface area contributed by atoms with Crippen LogP contribution in [0.2, 0.25) is 0 Å². The molecule has 2 heterocycles. The molecule has 0 atom stereocenters. The van der Waals surface area contributed by atoms with Gasteiger partial charge in [0.2, 0.25) is 0 Å². The zero-order chi connectivity index (χ0) is 15.1. The summed E-state index contributed by atoms with van der Waals surface area (Å²) >= 11 is 1.53. The molecule has 0 unspecified atom stereocenters. The maximum atomic E-state index is 12.2. The molecule has 0 fully saturated rings. The normalized spacial score (nSPS) is 11.9. The van der Waals surface area contributed by atoms with Crippen molar-refractivity contribution in [2.75, 3.05) is 19.6 Å². The minimum atomic E-state index is -3.15. The molecular formula is C13H19N2O4PS. The van der Waals surface area contributed by atoms with E-state index < -0.39 is 7.60 Å². The highest BCUT2D eigenvalue weighted by Crippen LogP contribution is 2.47. The van der Waals surface area contributed by atoms with Gasteiger partial charge in [0.25, 0.3) is 0 Å². The fraction of sp³-hybridized carbons (Fsp3) is 0.462. The van der Waals surface area contributed by atoms with Crippen LogP contribution in [0.3, 0.4) is 0 Å². The fourth-order valence-electron chi connectivity index (χ4n) is 1.73. The first kappa shape index (κ1) is 16.4. The molecule has 0 bridgehead atoms. The van der Waals surface area contributed by atoms with E-state index in [4.69, 9.17) is 13.8 Å². The average molecular weight is 330 g/mol. The summed E-state index contributed by atoms with van der Waals surface area (Å²) in [6, 6.07) is 3.88. The monoisotopic (exact) mass is 330 g/mol. The molecule has 0 aliphatic heterocycles. The van der Waals surface area contributed by atoms with E-state index in [1.165, 1.54) is 11.3 Å². The maximum absolute atomic E-state index is 12.2. The van der Waals surface area contributed by atoms with E-state index in [0.717, 1.165) is 16.4 Å². The van der Waals surface area contributed by atoms with E-state index in [-0.39, 0.29) is 13.0 Å². The third-order valence-corrected chi connectivity index (χ3v) is 5.26. The molecule has 2 aromatic heterocycles. The Morgan fingerprint density at radius 1 is 1.33 bits per heavy atom. The number of aromatic amines is 1. The Bertz CT molecular complexity index is 575. The van der Waals surface area contributed by atoms with Crippen molar-refractivity contribution in [3.63, 3.8) is 0 Å². The van der Waals surface area contributed by atoms with Crippen LogP contribution >= 0.6 is 18.9 Å². The molecule has 21 heavy (non-hydrogen) atoms. The zero-order valence-corrected chi connectivity index (χ0v) is 13.8. The Morgan fingerprint density at radius 2 is 2.10 bits per heavy atom. The van der Waals surface area contributed by atoms with E-state index >= 15 is 0 Å². The van der Waals surface area contributed by atoms with Gasteiger partial charge < -0.3 is 18.8 Å². The van der Waals surface area contributed by atoms with Gasteiger partial charge in [-0.2, -0.15) is 0 Å². The van der Waals surface area contributed by atoms with Crippen LogP contribution in [0.15, 0.2) is 23.7 Å². The van der Waals surface area contributed by atoms with E-state index in [2.05, 4.69) is 9.97 Å². The van der Waals surface area contributed by atoms with Crippen molar-refractivity contribution < 1.29 is 18.3 Å². The SMILES string of the molecule is CCOP(=O)(COCc1csc(-c2ccc[nH]2)n1)OCC. The molecule has 0 spiro atoms. The van der Waals surface area contributed by atoms with Gasteiger partial charge in [-0.25, -0.2) is 4.98 Å². The topological polar surface area (TPSA) is 73.4 Å². The highest BCUT2D eigenvalue weighted by molar-refractivity contribution is 7.53. The molecule has 2 rings (SSSR count). The summed E-state index contributed by atoms with van der Waals surface area (Å²) in [4.78, 5) is 7.56. The average Bonchev–Trinajstić information content (AvgIpc) is 3.09. The van der Waals surface area contributed by atoms with Crippen molar-refractivity contribution in [3.05, 3.63) is 29.4 Å². The van der Waals surface area contributed by atoms with Crippen LogP contribution in [-0.2, 0) is 25.0 Å². The predicted molar refractivity (Wildman–Crippen MR) is 82.4 cm³/mol. The Labute approximate surface area is 128 Å². The van der Waals surface area contributed by atoms with Crippen molar-refractivity contribution in [3.8, 4) is 10.7 Å². The lowest BCUT2D eigenvalue weighted by Gasteiger charge is -2.16. The molecule has 0 radical (unpaired) electrons. The van der Waals surface area contributed by atoms with Gasteiger partial charge >= 0.3 is 7.60 Å². The standard InChI is InChI=1S/C13H19N2O4PS/c1-3-18-20(16,19-4-2)10-17-8-11-9-21-13(15-11)12-6-5-7-14-12/h5-7,9,14H,3-4,8,10H2,1-2H3. The van der Waals surface area contributed by atoms with E-state index in [9.17, 15) is 4.57 Å². The predicted octanol–water partition coefficient (Wildman–Crippen LogP) is 3.88. The second-order valence-corrected chi connectivity index (χ2v) is 7.01. The number of nitrogens with one attached hydrogen (secondary N) is 1. The van der Waals surface area contributed by atoms with Crippen molar-refractivity contribution >= 4 is 18.9 Å². The molecule has 0 saturated heterocycles. The minimum Gasteiger partial charge on any atom is -0.362 e. The molecule has 0 aliphatic rings. The maximum Gasteiger partial charge on any atom is 0.356 e. The molecule has 1 N–H and O–H groups in total. The molecule has 8 heteroatoms. The molecule has 0 aromatic carbocycles. The summed E-state index contributed by atoms with van der Waals surface area (Å²) in [5, 5.41) is 2.82. The highest BCUT2D eigenvalue weighted by atomic mass is 32.1. The number of hydrogen-bond acceptors (Lipinski definition) is 6. The number of ether oxygens (including phenoxy) is 1. The van der Waals surface area contributed by atoms with Crippen LogP contribution in [0.5, 0.6) is 0 Å². The van der Waals surface area contributed by atoms with Gasteiger partial charge in [0.1, 0.15) is 11.4 Å². The molecule has 0 aliphatic carbocycles. The quantitative estimate of drug-likeness (QED) is 0.706. The lowest BCUT2D eigenvalue weighted by Crippen LogP contribution is -2.04. The summed E-state index contributed by atoms with van der Waals surface area (Å²) in [5.74, 6) is 0. The third kappa shape index (κ3) is 4.76. The van der Waals surface area contributed by atoms with Gasteiger partial charge in [-0.1, -0.05) is 0 Å². The minimum absolute atomic E-state index is 0.0654. The summed E-state index contributed by atoms with van der Waals surface area (Å²) < 4.78 is 28.0. The highest BCUT2D eigenvalue weighted by Gasteiger charge is 2.23.